The standard InChI is InChI=1S/C19H32O2SSi/c1-12-13(2)17-15(19(7,8)11-22(17)20)14(3)16(12)21-23(9,10)18(4,5)6/h11H2,1-10H3. The summed E-state index contributed by atoms with van der Waals surface area (Å²) < 4.78 is 19.3. The van der Waals surface area contributed by atoms with Gasteiger partial charge >= 0.3 is 0 Å². The highest BCUT2D eigenvalue weighted by Gasteiger charge is 2.43. The highest BCUT2D eigenvalue weighted by atomic mass is 32.2. The minimum atomic E-state index is -1.90. The number of hydrogen-bond donors (Lipinski definition) is 0. The molecule has 0 fully saturated rings. The first-order chi connectivity index (χ1) is 10.2. The van der Waals surface area contributed by atoms with Gasteiger partial charge in [-0.2, -0.15) is 0 Å². The van der Waals surface area contributed by atoms with Crippen molar-refractivity contribution in [2.24, 2.45) is 0 Å². The molecule has 4 heteroatoms. The van der Waals surface area contributed by atoms with Crippen molar-refractivity contribution in [1.82, 2.24) is 0 Å². The number of benzene rings is 1. The molecule has 1 unspecified atom stereocenters. The predicted molar refractivity (Wildman–Crippen MR) is 103 cm³/mol. The van der Waals surface area contributed by atoms with Crippen LogP contribution in [0.5, 0.6) is 5.75 Å². The first-order valence-electron chi connectivity index (χ1n) is 8.42. The van der Waals surface area contributed by atoms with Crippen molar-refractivity contribution in [3.8, 4) is 5.75 Å². The summed E-state index contributed by atoms with van der Waals surface area (Å²) in [6.45, 7) is 22.2. The highest BCUT2D eigenvalue weighted by molar-refractivity contribution is 7.85. The van der Waals surface area contributed by atoms with E-state index in [0.717, 1.165) is 21.8 Å². The Morgan fingerprint density at radius 1 is 1.04 bits per heavy atom. The monoisotopic (exact) mass is 352 g/mol. The van der Waals surface area contributed by atoms with Crippen molar-refractivity contribution in [2.45, 2.75) is 83.8 Å². The molecule has 0 radical (unpaired) electrons. The lowest BCUT2D eigenvalue weighted by Crippen LogP contribution is -2.44. The lowest BCUT2D eigenvalue weighted by Gasteiger charge is -2.38. The van der Waals surface area contributed by atoms with E-state index in [1.807, 2.05) is 0 Å². The summed E-state index contributed by atoms with van der Waals surface area (Å²) in [6, 6.07) is 0. The first kappa shape index (κ1) is 18.7. The summed E-state index contributed by atoms with van der Waals surface area (Å²) in [7, 11) is -2.80. The summed E-state index contributed by atoms with van der Waals surface area (Å²) in [5.74, 6) is 1.76. The van der Waals surface area contributed by atoms with Crippen molar-refractivity contribution in [3.05, 3.63) is 22.3 Å². The maximum absolute atomic E-state index is 12.6. The van der Waals surface area contributed by atoms with Crippen LogP contribution in [0.3, 0.4) is 0 Å². The molecule has 0 amide bonds. The molecule has 0 aliphatic carbocycles. The van der Waals surface area contributed by atoms with Crippen molar-refractivity contribution >= 4 is 19.1 Å². The van der Waals surface area contributed by atoms with Gasteiger partial charge in [0, 0.05) is 16.1 Å². The Bertz CT molecular complexity index is 682. The maximum Gasteiger partial charge on any atom is 0.250 e. The maximum atomic E-state index is 12.6. The molecule has 1 heterocycles. The van der Waals surface area contributed by atoms with E-state index in [0.29, 0.717) is 5.75 Å². The third-order valence-electron chi connectivity index (χ3n) is 5.75. The fourth-order valence-corrected chi connectivity index (χ4v) is 6.44. The summed E-state index contributed by atoms with van der Waals surface area (Å²) in [5.41, 5.74) is 4.73. The smallest absolute Gasteiger partial charge is 0.250 e. The second-order valence-electron chi connectivity index (χ2n) is 9.14. The number of fused-ring (bicyclic) bond motifs is 1. The third-order valence-corrected chi connectivity index (χ3v) is 12.0. The van der Waals surface area contributed by atoms with Crippen LogP contribution < -0.4 is 4.43 Å². The summed E-state index contributed by atoms with van der Waals surface area (Å²) in [4.78, 5) is 1.06. The molecule has 1 aliphatic rings. The molecule has 1 atom stereocenters. The quantitative estimate of drug-likeness (QED) is 0.667. The van der Waals surface area contributed by atoms with Gasteiger partial charge in [0.2, 0.25) is 0 Å². The van der Waals surface area contributed by atoms with Crippen LogP contribution in [-0.2, 0) is 16.2 Å². The van der Waals surface area contributed by atoms with E-state index >= 15 is 0 Å². The van der Waals surface area contributed by atoms with Crippen LogP contribution >= 0.6 is 0 Å². The Hall–Kier alpha value is -0.613. The molecule has 2 nitrogen and oxygen atoms in total. The third kappa shape index (κ3) is 2.93. The van der Waals surface area contributed by atoms with Crippen LogP contribution in [0.1, 0.15) is 56.9 Å². The molecule has 2 rings (SSSR count). The Kier molecular flexibility index (Phi) is 4.44. The first-order valence-corrected chi connectivity index (χ1v) is 12.6. The van der Waals surface area contributed by atoms with Crippen molar-refractivity contribution in [1.29, 1.82) is 0 Å². The molecule has 0 N–H and O–H groups in total. The lowest BCUT2D eigenvalue weighted by atomic mass is 9.82. The molecule has 1 aromatic carbocycles. The number of rotatable bonds is 2. The fourth-order valence-electron chi connectivity index (χ4n) is 3.23. The zero-order valence-electron chi connectivity index (χ0n) is 16.4. The highest BCUT2D eigenvalue weighted by Crippen LogP contribution is 2.48. The van der Waals surface area contributed by atoms with Gasteiger partial charge in [0.1, 0.15) is 5.75 Å². The zero-order chi connectivity index (χ0) is 18.0. The van der Waals surface area contributed by atoms with E-state index in [1.165, 1.54) is 11.1 Å². The lowest BCUT2D eigenvalue weighted by molar-refractivity contribution is 0.480. The Labute approximate surface area is 145 Å². The molecule has 0 aromatic heterocycles. The van der Waals surface area contributed by atoms with Crippen molar-refractivity contribution in [2.75, 3.05) is 5.75 Å². The van der Waals surface area contributed by atoms with E-state index in [4.69, 9.17) is 4.43 Å². The van der Waals surface area contributed by atoms with E-state index in [1.54, 1.807) is 0 Å². The second-order valence-corrected chi connectivity index (χ2v) is 15.3. The molecule has 0 bridgehead atoms. The molecule has 23 heavy (non-hydrogen) atoms. The van der Waals surface area contributed by atoms with Gasteiger partial charge in [-0.25, -0.2) is 0 Å². The van der Waals surface area contributed by atoms with Crippen molar-refractivity contribution < 1.29 is 8.63 Å². The van der Waals surface area contributed by atoms with Gasteiger partial charge in [0.15, 0.2) is 0 Å². The summed E-state index contributed by atoms with van der Waals surface area (Å²) in [6.07, 6.45) is 0. The predicted octanol–water partition coefficient (Wildman–Crippen LogP) is 5.39. The number of hydrogen-bond acceptors (Lipinski definition) is 2. The van der Waals surface area contributed by atoms with Crippen LogP contribution in [0.4, 0.5) is 0 Å². The average Bonchev–Trinajstić information content (AvgIpc) is 2.60. The van der Waals surface area contributed by atoms with E-state index in [2.05, 4.69) is 68.5 Å². The van der Waals surface area contributed by atoms with E-state index < -0.39 is 19.1 Å². The topological polar surface area (TPSA) is 26.3 Å². The van der Waals surface area contributed by atoms with Gasteiger partial charge in [0.05, 0.1) is 10.8 Å². The molecule has 1 aliphatic heterocycles. The second kappa shape index (κ2) is 5.45. The van der Waals surface area contributed by atoms with Crippen LogP contribution in [0, 0.1) is 20.8 Å². The van der Waals surface area contributed by atoms with Crippen LogP contribution in [0.15, 0.2) is 4.90 Å². The normalized spacial score (nSPS) is 20.5. The molecular weight excluding hydrogens is 320 g/mol. The molecule has 1 aromatic rings. The minimum Gasteiger partial charge on any atom is -0.543 e. The van der Waals surface area contributed by atoms with Gasteiger partial charge in [-0.15, -0.1) is 0 Å². The summed E-state index contributed by atoms with van der Waals surface area (Å²) in [5, 5.41) is 0.164. The van der Waals surface area contributed by atoms with Gasteiger partial charge in [0.25, 0.3) is 8.32 Å². The Balaban J connectivity index is 2.70. The van der Waals surface area contributed by atoms with Gasteiger partial charge in [-0.3, -0.25) is 4.21 Å². The zero-order valence-corrected chi connectivity index (χ0v) is 18.2. The van der Waals surface area contributed by atoms with E-state index in [9.17, 15) is 4.21 Å². The van der Waals surface area contributed by atoms with Crippen LogP contribution in [0.2, 0.25) is 18.1 Å². The molecular formula is C19H32O2SSi. The fraction of sp³-hybridized carbons (Fsp3) is 0.684. The van der Waals surface area contributed by atoms with Crippen LogP contribution in [0.25, 0.3) is 0 Å². The molecule has 0 spiro atoms. The Morgan fingerprint density at radius 2 is 1.57 bits per heavy atom. The van der Waals surface area contributed by atoms with Gasteiger partial charge < -0.3 is 4.43 Å². The van der Waals surface area contributed by atoms with Gasteiger partial charge in [-0.1, -0.05) is 34.6 Å². The van der Waals surface area contributed by atoms with Crippen molar-refractivity contribution in [3.63, 3.8) is 0 Å². The molecule has 130 valence electrons. The molecule has 0 saturated carbocycles. The Morgan fingerprint density at radius 3 is 2.04 bits per heavy atom. The average molecular weight is 353 g/mol. The SMILES string of the molecule is Cc1c(C)c2c(c(C)c1O[Si](C)(C)C(C)(C)C)C(C)(C)CS2=O. The molecule has 0 saturated heterocycles. The largest absolute Gasteiger partial charge is 0.543 e. The van der Waals surface area contributed by atoms with E-state index in [-0.39, 0.29) is 10.5 Å². The summed E-state index contributed by atoms with van der Waals surface area (Å²) >= 11 is 0. The van der Waals surface area contributed by atoms with Crippen LogP contribution in [-0.4, -0.2) is 18.3 Å². The minimum absolute atomic E-state index is 0.0473. The van der Waals surface area contributed by atoms with Gasteiger partial charge in [-0.05, 0) is 61.2 Å².